The Bertz CT molecular complexity index is 243. The number of aryl methyl sites for hydroxylation is 1. The van der Waals surface area contributed by atoms with E-state index < -0.39 is 0 Å². The zero-order valence-corrected chi connectivity index (χ0v) is 9.17. The summed E-state index contributed by atoms with van der Waals surface area (Å²) in [7, 11) is 0. The third-order valence-corrected chi connectivity index (χ3v) is 2.91. The Balaban J connectivity index is 2.79. The molecule has 1 aromatic carbocycles. The first kappa shape index (κ1) is 10.3. The first-order valence-corrected chi connectivity index (χ1v) is 5.24. The highest BCUT2D eigenvalue weighted by molar-refractivity contribution is 5.25. The summed E-state index contributed by atoms with van der Waals surface area (Å²) in [6, 6.07) is 9.02. The van der Waals surface area contributed by atoms with Crippen LogP contribution in [0.25, 0.3) is 0 Å². The van der Waals surface area contributed by atoms with Crippen LogP contribution >= 0.6 is 0 Å². The summed E-state index contributed by atoms with van der Waals surface area (Å²) in [6.07, 6.45) is 1.14. The van der Waals surface area contributed by atoms with Gasteiger partial charge >= 0.3 is 0 Å². The Hall–Kier alpha value is -0.780. The fraction of sp³-hybridized carbons (Fsp3) is 0.538. The van der Waals surface area contributed by atoms with Crippen molar-refractivity contribution in [2.24, 2.45) is 5.92 Å². The van der Waals surface area contributed by atoms with E-state index in [2.05, 4.69) is 52.0 Å². The summed E-state index contributed by atoms with van der Waals surface area (Å²) < 4.78 is 0. The molecule has 0 heteroatoms. The average molecular weight is 176 g/mol. The van der Waals surface area contributed by atoms with Crippen molar-refractivity contribution < 1.29 is 0 Å². The maximum absolute atomic E-state index is 2.30. The van der Waals surface area contributed by atoms with Gasteiger partial charge in [-0.15, -0.1) is 0 Å². The standard InChI is InChI=1S/C13H20/c1-5-12-6-8-13(9-7-12)11(4)10(2)3/h6-11H,5H2,1-4H3/t11-/m0/s1. The fourth-order valence-electron chi connectivity index (χ4n) is 1.44. The van der Waals surface area contributed by atoms with Crippen LogP contribution in [-0.2, 0) is 6.42 Å². The summed E-state index contributed by atoms with van der Waals surface area (Å²) in [4.78, 5) is 0. The molecule has 72 valence electrons. The van der Waals surface area contributed by atoms with Crippen molar-refractivity contribution in [2.45, 2.75) is 40.0 Å². The summed E-state index contributed by atoms with van der Waals surface area (Å²) in [5, 5.41) is 0. The Kier molecular flexibility index (Phi) is 3.53. The minimum Gasteiger partial charge on any atom is -0.0622 e. The molecule has 0 nitrogen and oxygen atoms in total. The molecule has 0 saturated carbocycles. The molecule has 0 aliphatic carbocycles. The first-order chi connectivity index (χ1) is 6.15. The lowest BCUT2D eigenvalue weighted by Gasteiger charge is -2.15. The van der Waals surface area contributed by atoms with E-state index in [0.29, 0.717) is 5.92 Å². The molecule has 0 N–H and O–H groups in total. The van der Waals surface area contributed by atoms with Gasteiger partial charge in [0.15, 0.2) is 0 Å². The van der Waals surface area contributed by atoms with Gasteiger partial charge in [0.05, 0.1) is 0 Å². The van der Waals surface area contributed by atoms with Crippen molar-refractivity contribution in [3.05, 3.63) is 35.4 Å². The molecule has 0 aromatic heterocycles. The van der Waals surface area contributed by atoms with E-state index in [1.54, 1.807) is 0 Å². The van der Waals surface area contributed by atoms with Crippen LogP contribution in [0.5, 0.6) is 0 Å². The quantitative estimate of drug-likeness (QED) is 0.652. The van der Waals surface area contributed by atoms with Crippen LogP contribution in [0, 0.1) is 5.92 Å². The number of hydrogen-bond donors (Lipinski definition) is 0. The summed E-state index contributed by atoms with van der Waals surface area (Å²) in [5.74, 6) is 1.40. The van der Waals surface area contributed by atoms with Crippen molar-refractivity contribution in [2.75, 3.05) is 0 Å². The molecule has 0 aliphatic heterocycles. The van der Waals surface area contributed by atoms with Crippen molar-refractivity contribution in [3.8, 4) is 0 Å². The molecule has 1 rings (SSSR count). The third kappa shape index (κ3) is 2.58. The topological polar surface area (TPSA) is 0 Å². The molecule has 13 heavy (non-hydrogen) atoms. The van der Waals surface area contributed by atoms with Crippen molar-refractivity contribution in [1.29, 1.82) is 0 Å². The number of hydrogen-bond acceptors (Lipinski definition) is 0. The van der Waals surface area contributed by atoms with E-state index in [4.69, 9.17) is 0 Å². The zero-order valence-electron chi connectivity index (χ0n) is 9.17. The second-order valence-electron chi connectivity index (χ2n) is 4.13. The molecule has 1 aromatic rings. The molecule has 0 saturated heterocycles. The van der Waals surface area contributed by atoms with Crippen LogP contribution in [0.3, 0.4) is 0 Å². The minimum atomic E-state index is 0.672. The lowest BCUT2D eigenvalue weighted by Crippen LogP contribution is -2.01. The highest BCUT2D eigenvalue weighted by Gasteiger charge is 2.08. The largest absolute Gasteiger partial charge is 0.0622 e. The highest BCUT2D eigenvalue weighted by atomic mass is 14.1. The van der Waals surface area contributed by atoms with E-state index in [9.17, 15) is 0 Å². The average Bonchev–Trinajstić information content (AvgIpc) is 2.17. The smallest absolute Gasteiger partial charge is 0.0167 e. The van der Waals surface area contributed by atoms with Crippen molar-refractivity contribution in [3.63, 3.8) is 0 Å². The first-order valence-electron chi connectivity index (χ1n) is 5.24. The van der Waals surface area contributed by atoms with E-state index in [1.165, 1.54) is 11.1 Å². The van der Waals surface area contributed by atoms with Gasteiger partial charge in [0, 0.05) is 0 Å². The van der Waals surface area contributed by atoms with Crippen molar-refractivity contribution >= 4 is 0 Å². The molecule has 0 spiro atoms. The molecule has 1 atom stereocenters. The molecule has 0 unspecified atom stereocenters. The lowest BCUT2D eigenvalue weighted by molar-refractivity contribution is 0.535. The van der Waals surface area contributed by atoms with Gasteiger partial charge in [-0.05, 0) is 29.4 Å². The molecule has 0 heterocycles. The van der Waals surface area contributed by atoms with Gasteiger partial charge in [-0.25, -0.2) is 0 Å². The molecule has 0 radical (unpaired) electrons. The molecule has 0 fully saturated rings. The third-order valence-electron chi connectivity index (χ3n) is 2.91. The number of rotatable bonds is 3. The maximum Gasteiger partial charge on any atom is -0.0167 e. The van der Waals surface area contributed by atoms with Crippen LogP contribution in [0.4, 0.5) is 0 Å². The Morgan fingerprint density at radius 3 is 1.92 bits per heavy atom. The predicted octanol–water partition coefficient (Wildman–Crippen LogP) is 4.01. The highest BCUT2D eigenvalue weighted by Crippen LogP contribution is 2.23. The maximum atomic E-state index is 2.30. The van der Waals surface area contributed by atoms with Gasteiger partial charge in [-0.1, -0.05) is 52.0 Å². The predicted molar refractivity (Wildman–Crippen MR) is 59.1 cm³/mol. The Morgan fingerprint density at radius 1 is 1.00 bits per heavy atom. The number of benzene rings is 1. The van der Waals surface area contributed by atoms with Crippen LogP contribution in [0.15, 0.2) is 24.3 Å². The summed E-state index contributed by atoms with van der Waals surface area (Å²) >= 11 is 0. The molecule has 0 amide bonds. The van der Waals surface area contributed by atoms with Crippen LogP contribution in [-0.4, -0.2) is 0 Å². The second kappa shape index (κ2) is 4.45. The molecular weight excluding hydrogens is 156 g/mol. The summed E-state index contributed by atoms with van der Waals surface area (Å²) in [6.45, 7) is 9.04. The second-order valence-corrected chi connectivity index (χ2v) is 4.13. The van der Waals surface area contributed by atoms with Crippen molar-refractivity contribution in [1.82, 2.24) is 0 Å². The molecular formula is C13H20. The van der Waals surface area contributed by atoms with Crippen LogP contribution < -0.4 is 0 Å². The monoisotopic (exact) mass is 176 g/mol. The zero-order chi connectivity index (χ0) is 9.84. The fourth-order valence-corrected chi connectivity index (χ4v) is 1.44. The Morgan fingerprint density at radius 2 is 1.54 bits per heavy atom. The van der Waals surface area contributed by atoms with Crippen LogP contribution in [0.2, 0.25) is 0 Å². The SMILES string of the molecule is CCc1ccc([C@@H](C)C(C)C)cc1. The van der Waals surface area contributed by atoms with Gasteiger partial charge < -0.3 is 0 Å². The van der Waals surface area contributed by atoms with E-state index >= 15 is 0 Å². The Labute approximate surface area is 82.0 Å². The van der Waals surface area contributed by atoms with Gasteiger partial charge in [0.1, 0.15) is 0 Å². The minimum absolute atomic E-state index is 0.672. The van der Waals surface area contributed by atoms with Gasteiger partial charge in [0.25, 0.3) is 0 Å². The molecule has 0 bridgehead atoms. The van der Waals surface area contributed by atoms with Gasteiger partial charge in [-0.2, -0.15) is 0 Å². The van der Waals surface area contributed by atoms with E-state index in [0.717, 1.165) is 12.3 Å². The van der Waals surface area contributed by atoms with E-state index in [1.807, 2.05) is 0 Å². The van der Waals surface area contributed by atoms with Crippen LogP contribution in [0.1, 0.15) is 44.7 Å². The summed E-state index contributed by atoms with van der Waals surface area (Å²) in [5.41, 5.74) is 2.90. The lowest BCUT2D eigenvalue weighted by atomic mass is 9.90. The normalized spacial score (nSPS) is 13.3. The van der Waals surface area contributed by atoms with Gasteiger partial charge in [-0.3, -0.25) is 0 Å². The van der Waals surface area contributed by atoms with Gasteiger partial charge in [0.2, 0.25) is 0 Å². The van der Waals surface area contributed by atoms with E-state index in [-0.39, 0.29) is 0 Å². The molecule has 0 aliphatic rings.